The highest BCUT2D eigenvalue weighted by Gasteiger charge is 2.15. The van der Waals surface area contributed by atoms with Crippen LogP contribution in [0.1, 0.15) is 30.2 Å². The first kappa shape index (κ1) is 16.5. The molecule has 2 N–H and O–H groups in total. The number of nitrogens with two attached hydrogens (primary N) is 1. The summed E-state index contributed by atoms with van der Waals surface area (Å²) in [5.41, 5.74) is 0. The molecule has 3 aromatic rings. The Hall–Kier alpha value is -2.40. The maximum Gasteiger partial charge on any atom is 0.133 e. The zero-order chi connectivity index (χ0) is 16.6. The summed E-state index contributed by atoms with van der Waals surface area (Å²) < 4.78 is 6.41. The zero-order valence-corrected chi connectivity index (χ0v) is 14.3. The molecule has 3 rings (SSSR count). The van der Waals surface area contributed by atoms with Gasteiger partial charge in [0.15, 0.2) is 0 Å². The first-order chi connectivity index (χ1) is 11.9. The van der Waals surface area contributed by atoms with Gasteiger partial charge in [0.25, 0.3) is 0 Å². The second-order valence-electron chi connectivity index (χ2n) is 5.58. The lowest BCUT2D eigenvalue weighted by molar-refractivity contribution is 0.197. The van der Waals surface area contributed by atoms with Crippen molar-refractivity contribution in [1.82, 2.24) is 0 Å². The van der Waals surface area contributed by atoms with Gasteiger partial charge in [-0.25, -0.2) is 0 Å². The Balaban J connectivity index is 1.76. The molecule has 1 aromatic heterocycles. The molecule has 2 aromatic carbocycles. The Bertz CT molecular complexity index is 781. The van der Waals surface area contributed by atoms with Crippen molar-refractivity contribution in [1.29, 1.82) is 0 Å². The zero-order valence-electron chi connectivity index (χ0n) is 13.5. The average molecular weight is 339 g/mol. The lowest BCUT2D eigenvalue weighted by Gasteiger charge is -2.19. The Morgan fingerprint density at radius 1 is 1.00 bits per heavy atom. The van der Waals surface area contributed by atoms with Gasteiger partial charge in [0, 0.05) is 10.3 Å². The summed E-state index contributed by atoms with van der Waals surface area (Å²) in [5, 5.41) is 11.6. The van der Waals surface area contributed by atoms with Crippen LogP contribution in [0.15, 0.2) is 70.3 Å². The highest BCUT2D eigenvalue weighted by atomic mass is 32.1. The van der Waals surface area contributed by atoms with E-state index in [2.05, 4.69) is 52.1 Å². The SMILES string of the molecule is NN=NCCCCC(Oc1cccc2ccccc12)c1cccs1. The molecular weight excluding hydrogens is 318 g/mol. The third-order valence-electron chi connectivity index (χ3n) is 3.94. The van der Waals surface area contributed by atoms with Crippen LogP contribution in [-0.2, 0) is 0 Å². The van der Waals surface area contributed by atoms with Crippen molar-refractivity contribution >= 4 is 22.1 Å². The maximum atomic E-state index is 6.41. The fourth-order valence-corrected chi connectivity index (χ4v) is 3.54. The van der Waals surface area contributed by atoms with Crippen molar-refractivity contribution in [3.8, 4) is 5.75 Å². The van der Waals surface area contributed by atoms with Gasteiger partial charge < -0.3 is 10.6 Å². The molecular formula is C19H21N3OS. The molecule has 0 bridgehead atoms. The molecule has 0 amide bonds. The van der Waals surface area contributed by atoms with E-state index in [0.29, 0.717) is 6.54 Å². The first-order valence-corrected chi connectivity index (χ1v) is 9.01. The second-order valence-corrected chi connectivity index (χ2v) is 6.55. The number of nitrogens with zero attached hydrogens (tertiary/aromatic N) is 2. The van der Waals surface area contributed by atoms with Crippen LogP contribution in [0.25, 0.3) is 10.8 Å². The molecule has 0 saturated carbocycles. The molecule has 5 heteroatoms. The smallest absolute Gasteiger partial charge is 0.133 e. The number of hydrogen-bond acceptors (Lipinski definition) is 4. The Kier molecular flexibility index (Phi) is 5.80. The maximum absolute atomic E-state index is 6.41. The first-order valence-electron chi connectivity index (χ1n) is 8.13. The monoisotopic (exact) mass is 339 g/mol. The third-order valence-corrected chi connectivity index (χ3v) is 4.90. The molecule has 0 aliphatic rings. The van der Waals surface area contributed by atoms with Crippen molar-refractivity contribution in [2.45, 2.75) is 25.4 Å². The molecule has 0 fully saturated rings. The van der Waals surface area contributed by atoms with Gasteiger partial charge in [0.05, 0.1) is 6.54 Å². The quantitative estimate of drug-likeness (QED) is 0.254. The van der Waals surface area contributed by atoms with Crippen LogP contribution < -0.4 is 10.6 Å². The fourth-order valence-electron chi connectivity index (χ4n) is 2.76. The van der Waals surface area contributed by atoms with E-state index in [4.69, 9.17) is 10.6 Å². The highest BCUT2D eigenvalue weighted by Crippen LogP contribution is 2.33. The molecule has 24 heavy (non-hydrogen) atoms. The van der Waals surface area contributed by atoms with Gasteiger partial charge in [-0.2, -0.15) is 5.11 Å². The minimum Gasteiger partial charge on any atom is -0.484 e. The molecule has 0 aliphatic heterocycles. The lowest BCUT2D eigenvalue weighted by Crippen LogP contribution is -2.06. The van der Waals surface area contributed by atoms with Crippen LogP contribution in [0, 0.1) is 0 Å². The number of ether oxygens (including phenoxy) is 1. The molecule has 1 unspecified atom stereocenters. The van der Waals surface area contributed by atoms with E-state index in [1.165, 1.54) is 10.3 Å². The minimum absolute atomic E-state index is 0.0608. The van der Waals surface area contributed by atoms with Crippen molar-refractivity contribution in [2.24, 2.45) is 16.2 Å². The number of rotatable bonds is 8. The molecule has 0 saturated heterocycles. The van der Waals surface area contributed by atoms with Gasteiger partial charge in [-0.1, -0.05) is 47.7 Å². The van der Waals surface area contributed by atoms with Crippen molar-refractivity contribution in [2.75, 3.05) is 6.54 Å². The summed E-state index contributed by atoms with van der Waals surface area (Å²) in [6.45, 7) is 0.669. The third kappa shape index (κ3) is 4.11. The molecule has 124 valence electrons. The van der Waals surface area contributed by atoms with Gasteiger partial charge in [-0.15, -0.1) is 11.3 Å². The van der Waals surface area contributed by atoms with Crippen molar-refractivity contribution in [3.63, 3.8) is 0 Å². The Morgan fingerprint density at radius 2 is 1.88 bits per heavy atom. The summed E-state index contributed by atoms with van der Waals surface area (Å²) >= 11 is 1.74. The molecule has 0 aliphatic carbocycles. The number of unbranched alkanes of at least 4 members (excludes halogenated alkanes) is 1. The van der Waals surface area contributed by atoms with Crippen LogP contribution in [0.3, 0.4) is 0 Å². The predicted octanol–water partition coefficient (Wildman–Crippen LogP) is 5.52. The standard InChI is InChI=1S/C19H21N3OS/c20-22-21-13-4-3-10-18(19-12-6-14-24-19)23-17-11-5-8-15-7-1-2-9-16(15)17/h1-2,5-9,11-12,14,18H,3-4,10,13H2,(H2,20,21). The van der Waals surface area contributed by atoms with Gasteiger partial charge in [-0.3, -0.25) is 0 Å². The molecule has 1 atom stereocenters. The lowest BCUT2D eigenvalue weighted by atomic mass is 10.1. The number of thiophene rings is 1. The van der Waals surface area contributed by atoms with Gasteiger partial charge >= 0.3 is 0 Å². The number of benzene rings is 2. The molecule has 0 spiro atoms. The largest absolute Gasteiger partial charge is 0.484 e. The van der Waals surface area contributed by atoms with Gasteiger partial charge in [-0.05, 0) is 42.2 Å². The van der Waals surface area contributed by atoms with E-state index in [0.717, 1.165) is 30.4 Å². The molecule has 4 nitrogen and oxygen atoms in total. The second kappa shape index (κ2) is 8.45. The fraction of sp³-hybridized carbons (Fsp3) is 0.263. The van der Waals surface area contributed by atoms with E-state index in [-0.39, 0.29) is 6.10 Å². The van der Waals surface area contributed by atoms with E-state index in [1.807, 2.05) is 18.2 Å². The summed E-state index contributed by atoms with van der Waals surface area (Å²) in [6, 6.07) is 18.7. The van der Waals surface area contributed by atoms with Crippen LogP contribution in [0.4, 0.5) is 0 Å². The van der Waals surface area contributed by atoms with Gasteiger partial charge in [0.1, 0.15) is 11.9 Å². The summed E-state index contributed by atoms with van der Waals surface area (Å²) in [4.78, 5) is 1.25. The number of hydrogen-bond donors (Lipinski definition) is 1. The summed E-state index contributed by atoms with van der Waals surface area (Å²) in [5.74, 6) is 5.98. The van der Waals surface area contributed by atoms with Crippen LogP contribution >= 0.6 is 11.3 Å². The van der Waals surface area contributed by atoms with Crippen molar-refractivity contribution in [3.05, 3.63) is 64.9 Å². The highest BCUT2D eigenvalue weighted by molar-refractivity contribution is 7.10. The van der Waals surface area contributed by atoms with Crippen LogP contribution in [0.2, 0.25) is 0 Å². The summed E-state index contributed by atoms with van der Waals surface area (Å²) in [7, 11) is 0. The van der Waals surface area contributed by atoms with E-state index < -0.39 is 0 Å². The Morgan fingerprint density at radius 3 is 2.71 bits per heavy atom. The minimum atomic E-state index is 0.0608. The normalized spacial score (nSPS) is 12.7. The van der Waals surface area contributed by atoms with Crippen LogP contribution in [0.5, 0.6) is 5.75 Å². The van der Waals surface area contributed by atoms with Gasteiger partial charge in [0.2, 0.25) is 0 Å². The predicted molar refractivity (Wildman–Crippen MR) is 99.4 cm³/mol. The van der Waals surface area contributed by atoms with E-state index in [1.54, 1.807) is 11.3 Å². The topological polar surface area (TPSA) is 60.0 Å². The van der Waals surface area contributed by atoms with E-state index >= 15 is 0 Å². The van der Waals surface area contributed by atoms with E-state index in [9.17, 15) is 0 Å². The molecule has 1 heterocycles. The number of fused-ring (bicyclic) bond motifs is 1. The molecule has 0 radical (unpaired) electrons. The van der Waals surface area contributed by atoms with Crippen LogP contribution in [-0.4, -0.2) is 6.54 Å². The van der Waals surface area contributed by atoms with Crippen molar-refractivity contribution < 1.29 is 4.74 Å². The average Bonchev–Trinajstić information content (AvgIpc) is 3.15. The summed E-state index contributed by atoms with van der Waals surface area (Å²) in [6.07, 6.45) is 2.99. The Labute approximate surface area is 146 Å².